The first-order chi connectivity index (χ1) is 17.5. The van der Waals surface area contributed by atoms with Gasteiger partial charge in [-0.25, -0.2) is 8.42 Å². The van der Waals surface area contributed by atoms with Crippen LogP contribution in [0.15, 0.2) is 26.6 Å². The molecule has 0 amide bonds. The first-order valence-electron chi connectivity index (χ1n) is 12.8. The monoisotopic (exact) mass is 554 g/mol. The van der Waals surface area contributed by atoms with Crippen molar-refractivity contribution >= 4 is 38.7 Å². The molecule has 2 aliphatic heterocycles. The zero-order valence-corrected chi connectivity index (χ0v) is 23.2. The molecule has 10 nitrogen and oxygen atoms in total. The fourth-order valence-electron chi connectivity index (χ4n) is 5.23. The van der Waals surface area contributed by atoms with Crippen LogP contribution in [0, 0.1) is 0 Å². The molecule has 2 fully saturated rings. The number of piperazine rings is 1. The molecule has 12 heteroatoms. The lowest BCUT2D eigenvalue weighted by molar-refractivity contribution is 0.0438. The van der Waals surface area contributed by atoms with E-state index < -0.39 is 31.5 Å². The highest BCUT2D eigenvalue weighted by Gasteiger charge is 2.36. The van der Waals surface area contributed by atoms with Crippen molar-refractivity contribution < 1.29 is 18.3 Å². The molecule has 204 valence electrons. The smallest absolute Gasteiger partial charge is 0.253 e. The van der Waals surface area contributed by atoms with E-state index in [-0.39, 0.29) is 59.5 Å². The molecule has 2 aromatic carbocycles. The maximum atomic E-state index is 13.5. The van der Waals surface area contributed by atoms with Crippen LogP contribution in [-0.2, 0) is 14.8 Å². The summed E-state index contributed by atoms with van der Waals surface area (Å²) in [6.45, 7) is 9.83. The van der Waals surface area contributed by atoms with Crippen molar-refractivity contribution in [1.82, 2.24) is 9.21 Å². The third-order valence-electron chi connectivity index (χ3n) is 7.47. The second-order valence-electron chi connectivity index (χ2n) is 9.87. The number of rotatable bonds is 9. The lowest BCUT2D eigenvalue weighted by Crippen LogP contribution is -2.53. The number of aromatic hydroxyl groups is 1. The first kappa shape index (κ1) is 27.8. The highest BCUT2D eigenvalue weighted by atomic mass is 35.5. The van der Waals surface area contributed by atoms with Crippen LogP contribution in [0.3, 0.4) is 0 Å². The Morgan fingerprint density at radius 1 is 1.14 bits per heavy atom. The molecule has 0 aliphatic carbocycles. The predicted molar refractivity (Wildman–Crippen MR) is 144 cm³/mol. The molecule has 2 saturated heterocycles. The van der Waals surface area contributed by atoms with E-state index in [1.54, 1.807) is 0 Å². The fraction of sp³-hybridized carbons (Fsp3) is 0.600. The molecule has 0 saturated carbocycles. The third-order valence-corrected chi connectivity index (χ3v) is 9.84. The number of nitrogens with zero attached hydrogens (tertiary/aromatic N) is 2. The Morgan fingerprint density at radius 3 is 2.43 bits per heavy atom. The van der Waals surface area contributed by atoms with Crippen molar-refractivity contribution in [2.75, 3.05) is 36.8 Å². The Labute approximate surface area is 222 Å². The SMILES string of the molecule is CCC(Nc1c(Nc2ccc(Cl)c(S(=O)(=O)N3CCN(CC)C(C)C3)c2O)c(=O)c1=O)[C@H]1CC[C@@H](C)O1. The van der Waals surface area contributed by atoms with Gasteiger partial charge in [-0.15, -0.1) is 0 Å². The Kier molecular flexibility index (Phi) is 8.20. The van der Waals surface area contributed by atoms with Crippen LogP contribution in [-0.4, -0.2) is 73.2 Å². The van der Waals surface area contributed by atoms with E-state index >= 15 is 0 Å². The number of hydrogen-bond donors (Lipinski definition) is 3. The average Bonchev–Trinajstić information content (AvgIpc) is 3.30. The molecular weight excluding hydrogens is 520 g/mol. The molecule has 4 atom stereocenters. The van der Waals surface area contributed by atoms with Crippen LogP contribution >= 0.6 is 11.6 Å². The summed E-state index contributed by atoms with van der Waals surface area (Å²) in [5.41, 5.74) is -1.38. The van der Waals surface area contributed by atoms with Gasteiger partial charge in [0.2, 0.25) is 10.0 Å². The summed E-state index contributed by atoms with van der Waals surface area (Å²) in [6, 6.07) is 2.57. The van der Waals surface area contributed by atoms with Gasteiger partial charge in [-0.3, -0.25) is 14.5 Å². The highest BCUT2D eigenvalue weighted by molar-refractivity contribution is 7.89. The summed E-state index contributed by atoms with van der Waals surface area (Å²) in [6.07, 6.45) is 2.48. The van der Waals surface area contributed by atoms with Crippen LogP contribution in [0.25, 0.3) is 0 Å². The van der Waals surface area contributed by atoms with Crippen molar-refractivity contribution in [2.45, 2.75) is 76.1 Å². The van der Waals surface area contributed by atoms with Gasteiger partial charge in [-0.05, 0) is 51.8 Å². The van der Waals surface area contributed by atoms with Crippen molar-refractivity contribution in [3.05, 3.63) is 37.6 Å². The third kappa shape index (κ3) is 5.24. The van der Waals surface area contributed by atoms with Crippen LogP contribution in [0.2, 0.25) is 5.02 Å². The molecule has 37 heavy (non-hydrogen) atoms. The van der Waals surface area contributed by atoms with Crippen LogP contribution in [0.1, 0.15) is 47.0 Å². The highest BCUT2D eigenvalue weighted by Crippen LogP contribution is 2.40. The zero-order chi connectivity index (χ0) is 27.1. The zero-order valence-electron chi connectivity index (χ0n) is 21.6. The molecule has 0 bridgehead atoms. The van der Waals surface area contributed by atoms with E-state index in [1.165, 1.54) is 16.4 Å². The Bertz CT molecular complexity index is 1330. The summed E-state index contributed by atoms with van der Waals surface area (Å²) in [5, 5.41) is 16.8. The molecule has 2 heterocycles. The van der Waals surface area contributed by atoms with Crippen molar-refractivity contribution in [3.63, 3.8) is 0 Å². The molecule has 0 spiro atoms. The number of benzene rings is 1. The molecule has 2 aliphatic rings. The Morgan fingerprint density at radius 2 is 1.84 bits per heavy atom. The first-order valence-corrected chi connectivity index (χ1v) is 14.6. The number of sulfonamides is 1. The Hall–Kier alpha value is -2.18. The number of anilines is 3. The second kappa shape index (κ2) is 10.9. The summed E-state index contributed by atoms with van der Waals surface area (Å²) >= 11 is 6.27. The quantitative estimate of drug-likeness (QED) is 0.316. The normalized spacial score (nSPS) is 24.4. The maximum absolute atomic E-state index is 13.5. The van der Waals surface area contributed by atoms with E-state index in [0.29, 0.717) is 13.0 Å². The van der Waals surface area contributed by atoms with Crippen LogP contribution < -0.4 is 21.5 Å². The standard InChI is InChI=1S/C25H35ClN4O6S/c1-5-17(19-10-7-15(4)36-19)27-20-21(24(33)23(20)32)28-18-9-8-16(26)25(22(18)31)37(34,35)30-12-11-29(6-2)14(3)13-30/h8-9,14-15,17,19,27-28,31H,5-7,10-13H2,1-4H3/t14?,15-,17?,19-/m1/s1. The van der Waals surface area contributed by atoms with Gasteiger partial charge in [0.1, 0.15) is 16.3 Å². The van der Waals surface area contributed by atoms with Crippen LogP contribution in [0.5, 0.6) is 5.75 Å². The predicted octanol–water partition coefficient (Wildman–Crippen LogP) is 2.86. The lowest BCUT2D eigenvalue weighted by Gasteiger charge is -2.38. The number of ether oxygens (including phenoxy) is 1. The molecule has 3 N–H and O–H groups in total. The van der Waals surface area contributed by atoms with Gasteiger partial charge in [0.05, 0.1) is 29.0 Å². The molecule has 4 rings (SSSR count). The lowest BCUT2D eigenvalue weighted by atomic mass is 10.0. The van der Waals surface area contributed by atoms with E-state index in [0.717, 1.165) is 19.4 Å². The van der Waals surface area contributed by atoms with Gasteiger partial charge in [0, 0.05) is 25.7 Å². The fourth-order valence-corrected chi connectivity index (χ4v) is 7.33. The van der Waals surface area contributed by atoms with E-state index in [9.17, 15) is 23.1 Å². The molecular formula is C25H35ClN4O6S. The number of nitrogens with one attached hydrogen (secondary N) is 2. The minimum absolute atomic E-state index is 0.00601. The van der Waals surface area contributed by atoms with Gasteiger partial charge in [0.15, 0.2) is 5.75 Å². The van der Waals surface area contributed by atoms with E-state index in [1.807, 2.05) is 27.7 Å². The number of likely N-dealkylation sites (N-methyl/N-ethyl adjacent to an activating group) is 1. The number of hydrogen-bond acceptors (Lipinski definition) is 9. The molecule has 2 unspecified atom stereocenters. The Balaban J connectivity index is 1.60. The maximum Gasteiger partial charge on any atom is 0.253 e. The van der Waals surface area contributed by atoms with Gasteiger partial charge in [-0.1, -0.05) is 25.4 Å². The molecule has 0 aromatic heterocycles. The molecule has 2 aromatic rings. The number of phenols is 1. The minimum Gasteiger partial charge on any atom is -0.504 e. The van der Waals surface area contributed by atoms with Gasteiger partial charge < -0.3 is 20.5 Å². The molecule has 0 radical (unpaired) electrons. The summed E-state index contributed by atoms with van der Waals surface area (Å²) in [4.78, 5) is 26.6. The average molecular weight is 555 g/mol. The summed E-state index contributed by atoms with van der Waals surface area (Å²) in [7, 11) is -4.13. The van der Waals surface area contributed by atoms with Crippen molar-refractivity contribution in [3.8, 4) is 5.75 Å². The van der Waals surface area contributed by atoms with Gasteiger partial charge >= 0.3 is 0 Å². The number of phenolic OH excluding ortho intramolecular Hbond substituents is 1. The summed E-state index contributed by atoms with van der Waals surface area (Å²) < 4.78 is 34.3. The minimum atomic E-state index is -4.13. The largest absolute Gasteiger partial charge is 0.504 e. The van der Waals surface area contributed by atoms with Crippen LogP contribution in [0.4, 0.5) is 17.1 Å². The van der Waals surface area contributed by atoms with Crippen molar-refractivity contribution in [1.29, 1.82) is 0 Å². The van der Waals surface area contributed by atoms with Gasteiger partial charge in [-0.2, -0.15) is 4.31 Å². The topological polar surface area (TPSA) is 128 Å². The van der Waals surface area contributed by atoms with E-state index in [2.05, 4.69) is 15.5 Å². The van der Waals surface area contributed by atoms with E-state index in [4.69, 9.17) is 16.3 Å². The summed E-state index contributed by atoms with van der Waals surface area (Å²) in [5.74, 6) is -0.600. The second-order valence-corrected chi connectivity index (χ2v) is 12.2. The van der Waals surface area contributed by atoms with Crippen molar-refractivity contribution in [2.24, 2.45) is 0 Å². The number of halogens is 1. The van der Waals surface area contributed by atoms with Gasteiger partial charge in [0.25, 0.3) is 10.9 Å².